The minimum atomic E-state index is -0.833. The molecule has 96 valence electrons. The summed E-state index contributed by atoms with van der Waals surface area (Å²) in [4.78, 5) is 30.6. The van der Waals surface area contributed by atoms with Gasteiger partial charge in [-0.15, -0.1) is 0 Å². The van der Waals surface area contributed by atoms with Crippen LogP contribution in [0.3, 0.4) is 0 Å². The lowest BCUT2D eigenvalue weighted by Crippen LogP contribution is -2.23. The Bertz CT molecular complexity index is 889. The monoisotopic (exact) mass is 261 g/mol. The zero-order valence-electron chi connectivity index (χ0n) is 9.30. The van der Waals surface area contributed by atoms with Crippen molar-refractivity contribution in [1.82, 2.24) is 15.0 Å². The molecular weight excluding hydrogens is 254 g/mol. The normalized spacial score (nSPS) is 10.9. The lowest BCUT2D eigenvalue weighted by Gasteiger charge is -1.96. The summed E-state index contributed by atoms with van der Waals surface area (Å²) in [5, 5.41) is 18.9. The molecule has 0 radical (unpaired) electrons. The highest BCUT2D eigenvalue weighted by atomic mass is 16.4. The van der Waals surface area contributed by atoms with Crippen LogP contribution in [-0.4, -0.2) is 25.2 Å². The maximum atomic E-state index is 11.6. The maximum Gasteiger partial charge on any atom is 0.328 e. The molecule has 0 aliphatic heterocycles. The lowest BCUT2D eigenvalue weighted by molar-refractivity contribution is 0.447. The molecule has 8 heteroatoms. The Morgan fingerprint density at radius 2 is 1.95 bits per heavy atom. The molecule has 2 aromatic heterocycles. The van der Waals surface area contributed by atoms with E-state index in [9.17, 15) is 19.8 Å². The van der Waals surface area contributed by atoms with Gasteiger partial charge in [0.05, 0.1) is 0 Å². The second-order valence-corrected chi connectivity index (χ2v) is 3.80. The van der Waals surface area contributed by atoms with Gasteiger partial charge in [0.25, 0.3) is 5.56 Å². The molecule has 19 heavy (non-hydrogen) atoms. The first kappa shape index (κ1) is 11.1. The fourth-order valence-corrected chi connectivity index (χ4v) is 1.69. The van der Waals surface area contributed by atoms with Crippen LogP contribution >= 0.6 is 0 Å². The molecular formula is C11H7N3O5. The SMILES string of the molecule is O=c1[nH]c(O)c(-c2nc3ccc(O)cc3o2)c(=O)[nH]1. The number of nitrogens with zero attached hydrogens (tertiary/aromatic N) is 1. The average molecular weight is 261 g/mol. The second-order valence-electron chi connectivity index (χ2n) is 3.80. The van der Waals surface area contributed by atoms with Gasteiger partial charge in [0.1, 0.15) is 11.3 Å². The Labute approximate surface area is 104 Å². The predicted octanol–water partition coefficient (Wildman–Crippen LogP) is 0.283. The first-order chi connectivity index (χ1) is 9.04. The van der Waals surface area contributed by atoms with E-state index in [0.717, 1.165) is 0 Å². The Kier molecular flexibility index (Phi) is 2.18. The third-order valence-corrected chi connectivity index (χ3v) is 2.51. The molecule has 0 fully saturated rings. The summed E-state index contributed by atoms with van der Waals surface area (Å²) >= 11 is 0. The number of hydrogen-bond acceptors (Lipinski definition) is 6. The highest BCUT2D eigenvalue weighted by molar-refractivity contribution is 5.78. The quantitative estimate of drug-likeness (QED) is 0.497. The van der Waals surface area contributed by atoms with Gasteiger partial charge in [-0.25, -0.2) is 9.78 Å². The van der Waals surface area contributed by atoms with E-state index in [1.165, 1.54) is 18.2 Å². The van der Waals surface area contributed by atoms with E-state index in [2.05, 4.69) is 4.98 Å². The van der Waals surface area contributed by atoms with Crippen LogP contribution in [0.1, 0.15) is 0 Å². The molecule has 0 saturated heterocycles. The molecule has 8 nitrogen and oxygen atoms in total. The van der Waals surface area contributed by atoms with Crippen molar-refractivity contribution >= 4 is 11.1 Å². The van der Waals surface area contributed by atoms with Crippen molar-refractivity contribution in [3.05, 3.63) is 39.0 Å². The van der Waals surface area contributed by atoms with Crippen molar-refractivity contribution in [1.29, 1.82) is 0 Å². The number of hydrogen-bond donors (Lipinski definition) is 4. The lowest BCUT2D eigenvalue weighted by atomic mass is 10.3. The minimum absolute atomic E-state index is 0.0187. The van der Waals surface area contributed by atoms with Gasteiger partial charge in [0, 0.05) is 6.07 Å². The summed E-state index contributed by atoms with van der Waals surface area (Å²) < 4.78 is 5.26. The number of phenolic OH excluding ortho intramolecular Hbond substituents is 1. The van der Waals surface area contributed by atoms with Crippen LogP contribution < -0.4 is 11.2 Å². The predicted molar refractivity (Wildman–Crippen MR) is 64.0 cm³/mol. The molecule has 0 aliphatic rings. The number of H-pyrrole nitrogens is 2. The van der Waals surface area contributed by atoms with Gasteiger partial charge in [0.15, 0.2) is 11.1 Å². The first-order valence-corrected chi connectivity index (χ1v) is 5.20. The van der Waals surface area contributed by atoms with Gasteiger partial charge in [-0.05, 0) is 12.1 Å². The van der Waals surface area contributed by atoms with Gasteiger partial charge < -0.3 is 14.6 Å². The first-order valence-electron chi connectivity index (χ1n) is 5.20. The molecule has 2 heterocycles. The molecule has 4 N–H and O–H groups in total. The number of aromatic hydroxyl groups is 2. The summed E-state index contributed by atoms with van der Waals surface area (Å²) in [6.45, 7) is 0. The van der Waals surface area contributed by atoms with Crippen LogP contribution in [0.4, 0.5) is 0 Å². The van der Waals surface area contributed by atoms with Crippen LogP contribution in [0.25, 0.3) is 22.6 Å². The standard InChI is InChI=1S/C11H7N3O5/c15-4-1-2-5-6(3-4)19-10(12-5)7-8(16)13-11(18)14-9(7)17/h1-3,15H,(H3,13,14,16,17,18). The van der Waals surface area contributed by atoms with E-state index < -0.39 is 17.1 Å². The summed E-state index contributed by atoms with van der Waals surface area (Å²) in [6.07, 6.45) is 0. The summed E-state index contributed by atoms with van der Waals surface area (Å²) in [5.74, 6) is -0.810. The third kappa shape index (κ3) is 1.75. The summed E-state index contributed by atoms with van der Waals surface area (Å²) in [5.41, 5.74) is -1.29. The van der Waals surface area contributed by atoms with Crippen molar-refractivity contribution in [3.8, 4) is 23.1 Å². The number of phenols is 1. The van der Waals surface area contributed by atoms with Gasteiger partial charge in [-0.1, -0.05) is 0 Å². The number of aromatic nitrogens is 3. The molecule has 0 unspecified atom stereocenters. The Hall–Kier alpha value is -3.03. The second kappa shape index (κ2) is 3.73. The molecule has 0 bridgehead atoms. The molecule has 3 aromatic rings. The fraction of sp³-hybridized carbons (Fsp3) is 0. The molecule has 0 saturated carbocycles. The number of benzene rings is 1. The van der Waals surface area contributed by atoms with E-state index in [4.69, 9.17) is 4.42 Å². The molecule has 0 aliphatic carbocycles. The van der Waals surface area contributed by atoms with Crippen LogP contribution in [0.15, 0.2) is 32.2 Å². The van der Waals surface area contributed by atoms with Gasteiger partial charge in [-0.2, -0.15) is 0 Å². The van der Waals surface area contributed by atoms with Crippen LogP contribution in [0.5, 0.6) is 11.6 Å². The van der Waals surface area contributed by atoms with Crippen LogP contribution in [0.2, 0.25) is 0 Å². The summed E-state index contributed by atoms with van der Waals surface area (Å²) in [7, 11) is 0. The van der Waals surface area contributed by atoms with Crippen molar-refractivity contribution in [2.24, 2.45) is 0 Å². The van der Waals surface area contributed by atoms with Gasteiger partial charge in [-0.3, -0.25) is 14.8 Å². The van der Waals surface area contributed by atoms with E-state index in [0.29, 0.717) is 5.52 Å². The highest BCUT2D eigenvalue weighted by Crippen LogP contribution is 2.27. The zero-order chi connectivity index (χ0) is 13.6. The Morgan fingerprint density at radius 3 is 2.68 bits per heavy atom. The minimum Gasteiger partial charge on any atom is -0.508 e. The third-order valence-electron chi connectivity index (χ3n) is 2.51. The zero-order valence-corrected chi connectivity index (χ0v) is 9.30. The molecule has 3 rings (SSSR count). The van der Waals surface area contributed by atoms with Gasteiger partial charge in [0.2, 0.25) is 11.8 Å². The number of oxazole rings is 1. The summed E-state index contributed by atoms with van der Waals surface area (Å²) in [6, 6.07) is 4.23. The fourth-order valence-electron chi connectivity index (χ4n) is 1.69. The van der Waals surface area contributed by atoms with Crippen LogP contribution in [-0.2, 0) is 0 Å². The smallest absolute Gasteiger partial charge is 0.328 e. The van der Waals surface area contributed by atoms with Crippen molar-refractivity contribution in [2.75, 3.05) is 0 Å². The average Bonchev–Trinajstić information content (AvgIpc) is 2.69. The topological polar surface area (TPSA) is 132 Å². The number of nitrogens with one attached hydrogen (secondary N) is 2. The van der Waals surface area contributed by atoms with E-state index >= 15 is 0 Å². The van der Waals surface area contributed by atoms with Gasteiger partial charge >= 0.3 is 5.69 Å². The van der Waals surface area contributed by atoms with Crippen LogP contribution in [0, 0.1) is 0 Å². The molecule has 1 aromatic carbocycles. The maximum absolute atomic E-state index is 11.6. The van der Waals surface area contributed by atoms with Crippen molar-refractivity contribution < 1.29 is 14.6 Å². The Balaban J connectivity index is 2.31. The number of rotatable bonds is 1. The molecule has 0 spiro atoms. The largest absolute Gasteiger partial charge is 0.508 e. The van der Waals surface area contributed by atoms with Crippen molar-refractivity contribution in [2.45, 2.75) is 0 Å². The molecule has 0 atom stereocenters. The van der Waals surface area contributed by atoms with E-state index in [1.54, 1.807) is 0 Å². The molecule has 0 amide bonds. The number of aromatic amines is 2. The number of fused-ring (bicyclic) bond motifs is 1. The highest BCUT2D eigenvalue weighted by Gasteiger charge is 2.17. The van der Waals surface area contributed by atoms with Crippen molar-refractivity contribution in [3.63, 3.8) is 0 Å². The van der Waals surface area contributed by atoms with E-state index in [1.807, 2.05) is 9.97 Å². The Morgan fingerprint density at radius 1 is 1.16 bits per heavy atom. The van der Waals surface area contributed by atoms with E-state index in [-0.39, 0.29) is 22.8 Å².